The van der Waals surface area contributed by atoms with E-state index in [1.54, 1.807) is 0 Å². The Morgan fingerprint density at radius 1 is 1.11 bits per heavy atom. The third-order valence-electron chi connectivity index (χ3n) is 3.74. The van der Waals surface area contributed by atoms with Crippen LogP contribution < -0.4 is 0 Å². The summed E-state index contributed by atoms with van der Waals surface area (Å²) in [5, 5.41) is 17.7. The van der Waals surface area contributed by atoms with Crippen LogP contribution in [-0.4, -0.2) is 22.9 Å². The van der Waals surface area contributed by atoms with Crippen molar-refractivity contribution < 1.29 is 20.0 Å². The molecule has 0 aliphatic heterocycles. The fourth-order valence-electron chi connectivity index (χ4n) is 2.36. The van der Waals surface area contributed by atoms with E-state index in [4.69, 9.17) is 10.4 Å². The van der Waals surface area contributed by atoms with Crippen LogP contribution in [0.2, 0.25) is 0 Å². The molecule has 0 amide bonds. The van der Waals surface area contributed by atoms with E-state index in [1.807, 2.05) is 13.8 Å². The van der Waals surface area contributed by atoms with Gasteiger partial charge in [0.05, 0.1) is 5.92 Å². The topological polar surface area (TPSA) is 66.8 Å². The Hall–Kier alpha value is -0.610. The first-order valence-electron chi connectivity index (χ1n) is 7.10. The maximum atomic E-state index is 11.7. The lowest BCUT2D eigenvalue weighted by Gasteiger charge is -2.31. The van der Waals surface area contributed by atoms with Crippen molar-refractivity contribution in [1.82, 2.24) is 0 Å². The van der Waals surface area contributed by atoms with Crippen molar-refractivity contribution in [3.63, 3.8) is 0 Å². The molecule has 0 aromatic carbocycles. The summed E-state index contributed by atoms with van der Waals surface area (Å²) >= 11 is 0. The van der Waals surface area contributed by atoms with Crippen LogP contribution in [0.5, 0.6) is 0 Å². The molecule has 0 fully saturated rings. The summed E-state index contributed by atoms with van der Waals surface area (Å²) in [7, 11) is 0. The largest absolute Gasteiger partial charge is 0.396 e. The van der Waals surface area contributed by atoms with Gasteiger partial charge in [-0.2, -0.15) is 5.26 Å². The summed E-state index contributed by atoms with van der Waals surface area (Å²) < 4.78 is 0. The van der Waals surface area contributed by atoms with Crippen LogP contribution in [0.1, 0.15) is 66.7 Å². The molecule has 4 nitrogen and oxygen atoms in total. The zero-order chi connectivity index (χ0) is 15.1. The molecule has 0 aliphatic rings. The van der Waals surface area contributed by atoms with Crippen LogP contribution in [0, 0.1) is 16.7 Å². The number of hydrogen-bond acceptors (Lipinski definition) is 4. The molecule has 1 atom stereocenters. The van der Waals surface area contributed by atoms with Crippen molar-refractivity contribution >= 4 is 5.97 Å². The zero-order valence-electron chi connectivity index (χ0n) is 13.0. The highest BCUT2D eigenvalue weighted by Crippen LogP contribution is 2.35. The molecule has 0 aliphatic carbocycles. The summed E-state index contributed by atoms with van der Waals surface area (Å²) in [5.41, 5.74) is -0.0656. The monoisotopic (exact) mass is 274 g/mol. The van der Waals surface area contributed by atoms with Crippen LogP contribution >= 0.6 is 0 Å². The molecule has 4 heteroatoms. The maximum Gasteiger partial charge on any atom is 0.345 e. The molecule has 19 heavy (non-hydrogen) atoms. The minimum Gasteiger partial charge on any atom is -0.396 e. The lowest BCUT2D eigenvalue weighted by atomic mass is 9.73. The maximum absolute atomic E-state index is 11.7. The molecular weight excluding hydrogens is 244 g/mol. The molecule has 0 aromatic rings. The lowest BCUT2D eigenvalue weighted by molar-refractivity contribution is -0.243. The molecule has 0 bridgehead atoms. The average molecular weight is 274 g/mol. The van der Waals surface area contributed by atoms with Gasteiger partial charge in [0, 0.05) is 6.61 Å². The zero-order valence-corrected chi connectivity index (χ0v) is 13.0. The fourth-order valence-corrected chi connectivity index (χ4v) is 2.36. The minimum atomic E-state index is -0.589. The molecule has 0 saturated heterocycles. The highest BCUT2D eigenvalue weighted by atomic mass is 17.1. The van der Waals surface area contributed by atoms with E-state index in [2.05, 4.69) is 25.7 Å². The number of carbonyl (C=O) groups is 1. The standard InChI is InChI=1S/C15H30O4/c1-14(2,3)9-7-6-8-12(13(17)19-18)15(4,5)10-11-16/h12,16,18H,6-11H2,1-5H3. The van der Waals surface area contributed by atoms with Gasteiger partial charge >= 0.3 is 5.97 Å². The second-order valence-corrected chi connectivity index (χ2v) is 7.23. The van der Waals surface area contributed by atoms with Gasteiger partial charge in [-0.25, -0.2) is 4.79 Å². The first-order valence-corrected chi connectivity index (χ1v) is 7.10. The summed E-state index contributed by atoms with van der Waals surface area (Å²) in [6, 6.07) is 0. The predicted molar refractivity (Wildman–Crippen MR) is 75.6 cm³/mol. The Labute approximate surface area is 117 Å². The minimum absolute atomic E-state index is 0.0319. The van der Waals surface area contributed by atoms with E-state index < -0.39 is 5.97 Å². The Balaban J connectivity index is 4.42. The van der Waals surface area contributed by atoms with E-state index in [1.165, 1.54) is 0 Å². The van der Waals surface area contributed by atoms with E-state index in [0.717, 1.165) is 19.3 Å². The Morgan fingerprint density at radius 2 is 1.68 bits per heavy atom. The summed E-state index contributed by atoms with van der Waals surface area (Å²) in [4.78, 5) is 15.6. The van der Waals surface area contributed by atoms with Gasteiger partial charge in [0.15, 0.2) is 0 Å². The van der Waals surface area contributed by atoms with Gasteiger partial charge in [-0.05, 0) is 30.1 Å². The fraction of sp³-hybridized carbons (Fsp3) is 0.933. The van der Waals surface area contributed by atoms with Gasteiger partial charge in [0.2, 0.25) is 0 Å². The van der Waals surface area contributed by atoms with Crippen molar-refractivity contribution in [2.75, 3.05) is 6.61 Å². The smallest absolute Gasteiger partial charge is 0.345 e. The number of aliphatic hydroxyl groups is 1. The average Bonchev–Trinajstić information content (AvgIpc) is 2.26. The molecule has 1 unspecified atom stereocenters. The highest BCUT2D eigenvalue weighted by molar-refractivity contribution is 5.72. The van der Waals surface area contributed by atoms with Crippen LogP contribution in [0.25, 0.3) is 0 Å². The van der Waals surface area contributed by atoms with E-state index in [9.17, 15) is 4.79 Å². The van der Waals surface area contributed by atoms with Crippen molar-refractivity contribution in [3.8, 4) is 0 Å². The van der Waals surface area contributed by atoms with Gasteiger partial charge in [-0.15, -0.1) is 0 Å². The van der Waals surface area contributed by atoms with Gasteiger partial charge in [0.25, 0.3) is 0 Å². The summed E-state index contributed by atoms with van der Waals surface area (Å²) in [6.07, 6.45) is 4.28. The van der Waals surface area contributed by atoms with Gasteiger partial charge in [0.1, 0.15) is 0 Å². The summed E-state index contributed by atoms with van der Waals surface area (Å²) in [6.45, 7) is 10.5. The summed E-state index contributed by atoms with van der Waals surface area (Å²) in [5.74, 6) is -0.959. The normalized spacial score (nSPS) is 14.3. The number of hydrogen-bond donors (Lipinski definition) is 2. The molecule has 2 N–H and O–H groups in total. The van der Waals surface area contributed by atoms with E-state index in [-0.39, 0.29) is 17.9 Å². The van der Waals surface area contributed by atoms with E-state index >= 15 is 0 Å². The first kappa shape index (κ1) is 18.4. The van der Waals surface area contributed by atoms with Crippen molar-refractivity contribution in [1.29, 1.82) is 0 Å². The Kier molecular flexibility index (Phi) is 7.60. The number of carbonyl (C=O) groups excluding carboxylic acids is 1. The third-order valence-corrected chi connectivity index (χ3v) is 3.74. The third kappa shape index (κ3) is 7.53. The quantitative estimate of drug-likeness (QED) is 0.403. The molecule has 0 radical (unpaired) electrons. The predicted octanol–water partition coefficient (Wildman–Crippen LogP) is 3.63. The SMILES string of the molecule is CC(C)(C)CCCCC(C(=O)OO)C(C)(C)CCO. The van der Waals surface area contributed by atoms with Crippen LogP contribution in [-0.2, 0) is 9.68 Å². The lowest BCUT2D eigenvalue weighted by Crippen LogP contribution is -2.33. The van der Waals surface area contributed by atoms with Crippen molar-refractivity contribution in [2.24, 2.45) is 16.7 Å². The molecule has 0 spiro atoms. The van der Waals surface area contributed by atoms with Crippen LogP contribution in [0.15, 0.2) is 0 Å². The highest BCUT2D eigenvalue weighted by Gasteiger charge is 2.35. The molecule has 0 saturated carbocycles. The molecule has 114 valence electrons. The second-order valence-electron chi connectivity index (χ2n) is 7.23. The number of unbranched alkanes of at least 4 members (excludes halogenated alkanes) is 1. The number of rotatable bonds is 8. The van der Waals surface area contributed by atoms with Crippen LogP contribution in [0.4, 0.5) is 0 Å². The molecular formula is C15H30O4. The van der Waals surface area contributed by atoms with Crippen LogP contribution in [0.3, 0.4) is 0 Å². The molecule has 0 rings (SSSR count). The van der Waals surface area contributed by atoms with Crippen molar-refractivity contribution in [2.45, 2.75) is 66.7 Å². The Morgan fingerprint density at radius 3 is 2.11 bits per heavy atom. The first-order chi connectivity index (χ1) is 8.64. The Bertz CT molecular complexity index is 266. The van der Waals surface area contributed by atoms with Crippen molar-refractivity contribution in [3.05, 3.63) is 0 Å². The molecule has 0 heterocycles. The van der Waals surface area contributed by atoms with E-state index in [0.29, 0.717) is 18.3 Å². The van der Waals surface area contributed by atoms with Gasteiger partial charge in [-0.3, -0.25) is 0 Å². The van der Waals surface area contributed by atoms with Gasteiger partial charge < -0.3 is 9.99 Å². The molecule has 0 aromatic heterocycles. The number of aliphatic hydroxyl groups excluding tert-OH is 1. The second kappa shape index (κ2) is 7.85. The van der Waals surface area contributed by atoms with Gasteiger partial charge in [-0.1, -0.05) is 47.5 Å².